The van der Waals surface area contributed by atoms with Crippen molar-refractivity contribution >= 4 is 5.91 Å². The zero-order valence-electron chi connectivity index (χ0n) is 15.6. The van der Waals surface area contributed by atoms with Crippen molar-refractivity contribution in [3.8, 4) is 0 Å². The highest BCUT2D eigenvalue weighted by Crippen LogP contribution is 2.36. The predicted molar refractivity (Wildman–Crippen MR) is 88.7 cm³/mol. The maximum Gasteiger partial charge on any atom is 0.435 e. The molecule has 148 valence electrons. The predicted octanol–water partition coefficient (Wildman–Crippen LogP) is 3.09. The molecule has 2 N–H and O–H groups in total. The number of aryl methyl sites for hydroxylation is 1. The van der Waals surface area contributed by atoms with Gasteiger partial charge in [-0.2, -0.15) is 23.3 Å². The summed E-state index contributed by atoms with van der Waals surface area (Å²) in [6.07, 6.45) is -3.75. The normalized spacial score (nSPS) is 18.9. The number of H-pyrrole nitrogens is 1. The molecule has 27 heavy (non-hydrogen) atoms. The number of amides is 1. The standard InChI is InChI=1S/C17H22F3N5O2/c1-8(14-22-15(25-27-14)16(2,3)4)21-13(26)9-5-6-11-10(7-9)12(24-23-11)17(18,19)20/h8-9H,5-7H2,1-4H3,(H,21,26)(H,23,24)/t8-,9+/m1/s1. The highest BCUT2D eigenvalue weighted by atomic mass is 19.4. The fourth-order valence-corrected chi connectivity index (χ4v) is 3.06. The number of fused-ring (bicyclic) bond motifs is 1. The van der Waals surface area contributed by atoms with Gasteiger partial charge in [-0.25, -0.2) is 0 Å². The van der Waals surface area contributed by atoms with Crippen molar-refractivity contribution < 1.29 is 22.5 Å². The number of carbonyl (C=O) groups is 1. The van der Waals surface area contributed by atoms with E-state index in [0.29, 0.717) is 24.4 Å². The van der Waals surface area contributed by atoms with Crippen LogP contribution in [0.2, 0.25) is 0 Å². The molecular formula is C17H22F3N5O2. The lowest BCUT2D eigenvalue weighted by molar-refractivity contribution is -0.142. The summed E-state index contributed by atoms with van der Waals surface area (Å²) in [6.45, 7) is 7.51. The second-order valence-electron chi connectivity index (χ2n) is 7.90. The number of halogens is 3. The van der Waals surface area contributed by atoms with E-state index in [-0.39, 0.29) is 29.2 Å². The summed E-state index contributed by atoms with van der Waals surface area (Å²) in [5.41, 5.74) is -0.698. The molecule has 3 rings (SSSR count). The number of hydrogen-bond donors (Lipinski definition) is 2. The first-order valence-corrected chi connectivity index (χ1v) is 8.74. The molecule has 0 spiro atoms. The minimum atomic E-state index is -4.54. The van der Waals surface area contributed by atoms with Gasteiger partial charge in [-0.3, -0.25) is 9.89 Å². The number of hydrogen-bond acceptors (Lipinski definition) is 5. The Morgan fingerprint density at radius 2 is 2.04 bits per heavy atom. The van der Waals surface area contributed by atoms with Crippen molar-refractivity contribution in [2.75, 3.05) is 0 Å². The molecule has 0 bridgehead atoms. The van der Waals surface area contributed by atoms with E-state index < -0.39 is 23.8 Å². The van der Waals surface area contributed by atoms with Crippen molar-refractivity contribution in [1.29, 1.82) is 0 Å². The third-order valence-corrected chi connectivity index (χ3v) is 4.63. The quantitative estimate of drug-likeness (QED) is 0.846. The van der Waals surface area contributed by atoms with Crippen LogP contribution < -0.4 is 5.32 Å². The van der Waals surface area contributed by atoms with Gasteiger partial charge in [0.25, 0.3) is 0 Å². The highest BCUT2D eigenvalue weighted by Gasteiger charge is 2.40. The van der Waals surface area contributed by atoms with Gasteiger partial charge in [-0.15, -0.1) is 0 Å². The van der Waals surface area contributed by atoms with Gasteiger partial charge in [-0.1, -0.05) is 25.9 Å². The van der Waals surface area contributed by atoms with E-state index in [1.807, 2.05) is 20.8 Å². The van der Waals surface area contributed by atoms with Crippen LogP contribution >= 0.6 is 0 Å². The number of rotatable bonds is 3. The van der Waals surface area contributed by atoms with Crippen LogP contribution in [0, 0.1) is 5.92 Å². The molecule has 0 unspecified atom stereocenters. The van der Waals surface area contributed by atoms with Gasteiger partial charge in [-0.05, 0) is 26.2 Å². The van der Waals surface area contributed by atoms with Crippen LogP contribution in [0.5, 0.6) is 0 Å². The molecule has 0 fully saturated rings. The highest BCUT2D eigenvalue weighted by molar-refractivity contribution is 5.79. The smallest absolute Gasteiger partial charge is 0.344 e. The molecule has 2 heterocycles. The van der Waals surface area contributed by atoms with Crippen molar-refractivity contribution in [1.82, 2.24) is 25.7 Å². The Bertz CT molecular complexity index is 834. The van der Waals surface area contributed by atoms with Crippen LogP contribution in [0.3, 0.4) is 0 Å². The monoisotopic (exact) mass is 385 g/mol. The van der Waals surface area contributed by atoms with Crippen LogP contribution in [0.15, 0.2) is 4.52 Å². The maximum absolute atomic E-state index is 13.1. The molecule has 2 aromatic rings. The van der Waals surface area contributed by atoms with Crippen molar-refractivity contribution in [3.63, 3.8) is 0 Å². The average Bonchev–Trinajstić information content (AvgIpc) is 3.20. The average molecular weight is 385 g/mol. The minimum absolute atomic E-state index is 0.00367. The van der Waals surface area contributed by atoms with E-state index in [0.717, 1.165) is 0 Å². The van der Waals surface area contributed by atoms with Crippen LogP contribution in [-0.4, -0.2) is 26.2 Å². The van der Waals surface area contributed by atoms with E-state index in [1.165, 1.54) is 0 Å². The van der Waals surface area contributed by atoms with Crippen LogP contribution in [-0.2, 0) is 29.2 Å². The zero-order valence-corrected chi connectivity index (χ0v) is 15.6. The second-order valence-corrected chi connectivity index (χ2v) is 7.90. The largest absolute Gasteiger partial charge is 0.435 e. The Morgan fingerprint density at radius 3 is 2.63 bits per heavy atom. The lowest BCUT2D eigenvalue weighted by Gasteiger charge is -2.23. The molecule has 0 saturated heterocycles. The number of carbonyl (C=O) groups excluding carboxylic acids is 1. The van der Waals surface area contributed by atoms with Gasteiger partial charge in [0, 0.05) is 22.6 Å². The lowest BCUT2D eigenvalue weighted by atomic mass is 9.85. The number of nitrogens with zero attached hydrogens (tertiary/aromatic N) is 3. The van der Waals surface area contributed by atoms with Crippen LogP contribution in [0.1, 0.15) is 68.8 Å². The molecule has 7 nitrogen and oxygen atoms in total. The molecular weight excluding hydrogens is 363 g/mol. The number of aromatic nitrogens is 4. The van der Waals surface area contributed by atoms with Gasteiger partial charge >= 0.3 is 6.18 Å². The van der Waals surface area contributed by atoms with E-state index in [2.05, 4.69) is 25.7 Å². The molecule has 1 amide bonds. The summed E-state index contributed by atoms with van der Waals surface area (Å²) in [4.78, 5) is 16.9. The van der Waals surface area contributed by atoms with Crippen molar-refractivity contribution in [2.24, 2.45) is 5.92 Å². The molecule has 2 aromatic heterocycles. The van der Waals surface area contributed by atoms with E-state index in [1.54, 1.807) is 6.92 Å². The third kappa shape index (κ3) is 3.98. The molecule has 0 radical (unpaired) electrons. The summed E-state index contributed by atoms with van der Waals surface area (Å²) in [7, 11) is 0. The maximum atomic E-state index is 13.1. The Labute approximate surface area is 154 Å². The first-order valence-electron chi connectivity index (χ1n) is 8.74. The fraction of sp³-hybridized carbons (Fsp3) is 0.647. The Hall–Kier alpha value is -2.39. The van der Waals surface area contributed by atoms with Gasteiger partial charge in [0.1, 0.15) is 6.04 Å². The van der Waals surface area contributed by atoms with Gasteiger partial charge in [0.15, 0.2) is 11.5 Å². The van der Waals surface area contributed by atoms with Crippen LogP contribution in [0.4, 0.5) is 13.2 Å². The summed E-state index contributed by atoms with van der Waals surface area (Å²) < 4.78 is 44.4. The summed E-state index contributed by atoms with van der Waals surface area (Å²) >= 11 is 0. The number of nitrogens with one attached hydrogen (secondary N) is 2. The Balaban J connectivity index is 1.69. The Kier molecular flexibility index (Phi) is 4.77. The minimum Gasteiger partial charge on any atom is -0.344 e. The molecule has 1 aliphatic carbocycles. The van der Waals surface area contributed by atoms with Gasteiger partial charge in [0.2, 0.25) is 11.8 Å². The van der Waals surface area contributed by atoms with E-state index in [4.69, 9.17) is 4.52 Å². The Morgan fingerprint density at radius 1 is 1.33 bits per heavy atom. The molecule has 10 heteroatoms. The molecule has 0 aromatic carbocycles. The summed E-state index contributed by atoms with van der Waals surface area (Å²) in [5, 5.41) is 12.5. The second kappa shape index (κ2) is 6.65. The van der Waals surface area contributed by atoms with E-state index >= 15 is 0 Å². The number of alkyl halides is 3. The van der Waals surface area contributed by atoms with Crippen molar-refractivity contribution in [2.45, 2.75) is 64.6 Å². The topological polar surface area (TPSA) is 96.7 Å². The molecule has 0 aliphatic heterocycles. The van der Waals surface area contributed by atoms with Crippen LogP contribution in [0.25, 0.3) is 0 Å². The third-order valence-electron chi connectivity index (χ3n) is 4.63. The molecule has 2 atom stereocenters. The molecule has 1 aliphatic rings. The first kappa shape index (κ1) is 19.4. The lowest BCUT2D eigenvalue weighted by Crippen LogP contribution is -2.36. The van der Waals surface area contributed by atoms with Gasteiger partial charge < -0.3 is 9.84 Å². The SMILES string of the molecule is C[C@@H](NC(=O)[C@H]1CCc2[nH]nc(C(F)(F)F)c2C1)c1nc(C(C)(C)C)no1. The van der Waals surface area contributed by atoms with E-state index in [9.17, 15) is 18.0 Å². The zero-order chi connectivity index (χ0) is 20.0. The summed E-state index contributed by atoms with van der Waals surface area (Å²) in [6, 6.07) is -0.533. The fourth-order valence-electron chi connectivity index (χ4n) is 3.06. The van der Waals surface area contributed by atoms with Crippen molar-refractivity contribution in [3.05, 3.63) is 28.7 Å². The first-order chi connectivity index (χ1) is 12.5. The van der Waals surface area contributed by atoms with Gasteiger partial charge in [0.05, 0.1) is 0 Å². The summed E-state index contributed by atoms with van der Waals surface area (Å²) in [5.74, 6) is -0.111. The number of aromatic amines is 1. The molecule has 0 saturated carbocycles.